The van der Waals surface area contributed by atoms with Crippen LogP contribution in [0.25, 0.3) is 10.6 Å². The number of nitrogens with zero attached hydrogens (tertiary/aromatic N) is 2. The van der Waals surface area contributed by atoms with Gasteiger partial charge in [0, 0.05) is 16.6 Å². The molecule has 1 aromatic heterocycles. The van der Waals surface area contributed by atoms with Crippen molar-refractivity contribution in [1.29, 1.82) is 0 Å². The van der Waals surface area contributed by atoms with Gasteiger partial charge in [0.2, 0.25) is 0 Å². The number of anilines is 1. The lowest BCUT2D eigenvalue weighted by Crippen LogP contribution is -2.47. The number of nitrogens with one attached hydrogen (secondary N) is 1. The van der Waals surface area contributed by atoms with Crippen molar-refractivity contribution in [3.8, 4) is 10.6 Å². The van der Waals surface area contributed by atoms with E-state index in [1.54, 1.807) is 35.7 Å². The smallest absolute Gasteiger partial charge is 0.359 e. The van der Waals surface area contributed by atoms with E-state index in [1.165, 1.54) is 29.5 Å². The number of hydrogen-bond acceptors (Lipinski definition) is 4. The van der Waals surface area contributed by atoms with Gasteiger partial charge in [0.25, 0.3) is 5.91 Å². The first-order chi connectivity index (χ1) is 13.3. The molecule has 0 bridgehead atoms. The molecule has 144 valence electrons. The van der Waals surface area contributed by atoms with Gasteiger partial charge in [-0.3, -0.25) is 4.79 Å². The van der Waals surface area contributed by atoms with Crippen LogP contribution in [0.15, 0.2) is 53.9 Å². The summed E-state index contributed by atoms with van der Waals surface area (Å²) in [5.74, 6) is -1.11. The van der Waals surface area contributed by atoms with Gasteiger partial charge in [0.1, 0.15) is 23.5 Å². The second-order valence-electron chi connectivity index (χ2n) is 6.23. The average Bonchev–Trinajstić information content (AvgIpc) is 3.13. The fourth-order valence-electron chi connectivity index (χ4n) is 3.02. The lowest BCUT2D eigenvalue weighted by molar-refractivity contribution is -0.144. The van der Waals surface area contributed by atoms with E-state index < -0.39 is 30.6 Å². The third kappa shape index (κ3) is 3.57. The minimum Gasteiger partial charge on any atom is -0.359 e. The molecule has 1 atom stereocenters. The van der Waals surface area contributed by atoms with Crippen molar-refractivity contribution in [2.24, 2.45) is 0 Å². The van der Waals surface area contributed by atoms with Crippen LogP contribution in [0.5, 0.6) is 0 Å². The van der Waals surface area contributed by atoms with E-state index in [2.05, 4.69) is 10.3 Å². The number of hydrogen-bond donors (Lipinski definition) is 1. The SMILES string of the molecule is O=C1c2ccccc2N[C@@H](c2csc(-c3ccc(F)cc3)n2)N1CC(F)(F)F. The number of amides is 1. The Bertz CT molecular complexity index is 1020. The predicted molar refractivity (Wildman–Crippen MR) is 97.4 cm³/mol. The normalized spacial score (nSPS) is 16.6. The van der Waals surface area contributed by atoms with E-state index in [9.17, 15) is 22.4 Å². The summed E-state index contributed by atoms with van der Waals surface area (Å²) in [6.45, 7) is -1.40. The van der Waals surface area contributed by atoms with Crippen molar-refractivity contribution in [3.05, 3.63) is 71.0 Å². The first-order valence-corrected chi connectivity index (χ1v) is 9.14. The van der Waals surface area contributed by atoms with Gasteiger partial charge in [-0.25, -0.2) is 9.37 Å². The number of carbonyl (C=O) groups is 1. The molecule has 1 aliphatic rings. The zero-order valence-corrected chi connectivity index (χ0v) is 15.0. The summed E-state index contributed by atoms with van der Waals surface area (Å²) in [6.07, 6.45) is -5.62. The molecule has 9 heteroatoms. The van der Waals surface area contributed by atoms with E-state index in [-0.39, 0.29) is 11.3 Å². The van der Waals surface area contributed by atoms with Crippen LogP contribution in [0.2, 0.25) is 0 Å². The molecule has 1 N–H and O–H groups in total. The number of thiazole rings is 1. The molecule has 0 unspecified atom stereocenters. The summed E-state index contributed by atoms with van der Waals surface area (Å²) < 4.78 is 52.4. The molecule has 2 aromatic carbocycles. The Labute approximate surface area is 161 Å². The van der Waals surface area contributed by atoms with Crippen LogP contribution in [0.1, 0.15) is 22.2 Å². The molecular formula is C19H13F4N3OS. The summed E-state index contributed by atoms with van der Waals surface area (Å²) in [4.78, 5) is 17.8. The third-order valence-electron chi connectivity index (χ3n) is 4.27. The average molecular weight is 407 g/mol. The van der Waals surface area contributed by atoms with Gasteiger partial charge >= 0.3 is 6.18 Å². The number of rotatable bonds is 3. The summed E-state index contributed by atoms with van der Waals surface area (Å²) in [5.41, 5.74) is 1.56. The fourth-order valence-corrected chi connectivity index (χ4v) is 3.86. The molecule has 2 heterocycles. The maximum Gasteiger partial charge on any atom is 0.406 e. The van der Waals surface area contributed by atoms with Crippen molar-refractivity contribution in [3.63, 3.8) is 0 Å². The molecule has 3 aromatic rings. The highest BCUT2D eigenvalue weighted by molar-refractivity contribution is 7.13. The van der Waals surface area contributed by atoms with Gasteiger partial charge in [0.15, 0.2) is 0 Å². The fraction of sp³-hybridized carbons (Fsp3) is 0.158. The highest BCUT2D eigenvalue weighted by Crippen LogP contribution is 2.36. The molecule has 0 saturated carbocycles. The molecular weight excluding hydrogens is 394 g/mol. The molecule has 1 amide bonds. The second kappa shape index (κ2) is 6.90. The number of halogens is 4. The van der Waals surface area contributed by atoms with Crippen molar-refractivity contribution in [2.45, 2.75) is 12.3 Å². The lowest BCUT2D eigenvalue weighted by Gasteiger charge is -2.37. The largest absolute Gasteiger partial charge is 0.406 e. The highest BCUT2D eigenvalue weighted by Gasteiger charge is 2.41. The van der Waals surface area contributed by atoms with Crippen molar-refractivity contribution in [1.82, 2.24) is 9.88 Å². The molecule has 1 aliphatic heterocycles. The minimum atomic E-state index is -4.56. The van der Waals surface area contributed by atoms with Crippen LogP contribution in [-0.4, -0.2) is 28.5 Å². The van der Waals surface area contributed by atoms with Gasteiger partial charge in [-0.2, -0.15) is 13.2 Å². The topological polar surface area (TPSA) is 45.2 Å². The molecule has 0 radical (unpaired) electrons. The number of fused-ring (bicyclic) bond motifs is 1. The Morgan fingerprint density at radius 2 is 1.82 bits per heavy atom. The van der Waals surface area contributed by atoms with E-state index in [4.69, 9.17) is 0 Å². The van der Waals surface area contributed by atoms with Crippen molar-refractivity contribution in [2.75, 3.05) is 11.9 Å². The van der Waals surface area contributed by atoms with Crippen LogP contribution in [0.3, 0.4) is 0 Å². The molecule has 4 rings (SSSR count). The first kappa shape index (κ1) is 18.4. The van der Waals surface area contributed by atoms with Gasteiger partial charge in [-0.1, -0.05) is 12.1 Å². The van der Waals surface area contributed by atoms with Gasteiger partial charge in [0.05, 0.1) is 11.3 Å². The van der Waals surface area contributed by atoms with Gasteiger partial charge in [-0.05, 0) is 36.4 Å². The van der Waals surface area contributed by atoms with Crippen LogP contribution in [0.4, 0.5) is 23.2 Å². The quantitative estimate of drug-likeness (QED) is 0.616. The molecule has 0 fully saturated rings. The Balaban J connectivity index is 1.72. The van der Waals surface area contributed by atoms with E-state index in [0.717, 1.165) is 4.90 Å². The molecule has 28 heavy (non-hydrogen) atoms. The lowest BCUT2D eigenvalue weighted by atomic mass is 10.1. The predicted octanol–water partition coefficient (Wildman–Crippen LogP) is 5.08. The summed E-state index contributed by atoms with van der Waals surface area (Å²) in [6, 6.07) is 12.1. The van der Waals surface area contributed by atoms with Crippen LogP contribution in [0, 0.1) is 5.82 Å². The van der Waals surface area contributed by atoms with E-state index in [1.807, 2.05) is 0 Å². The van der Waals surface area contributed by atoms with Crippen LogP contribution < -0.4 is 5.32 Å². The third-order valence-corrected chi connectivity index (χ3v) is 5.17. The summed E-state index contributed by atoms with van der Waals surface area (Å²) in [5, 5.41) is 5.10. The maximum absolute atomic E-state index is 13.1. The number of aromatic nitrogens is 1. The Morgan fingerprint density at radius 1 is 1.11 bits per heavy atom. The van der Waals surface area contributed by atoms with Gasteiger partial charge in [-0.15, -0.1) is 11.3 Å². The second-order valence-corrected chi connectivity index (χ2v) is 7.08. The van der Waals surface area contributed by atoms with Crippen molar-refractivity contribution >= 4 is 22.9 Å². The first-order valence-electron chi connectivity index (χ1n) is 8.26. The standard InChI is InChI=1S/C19H13F4N3OS/c20-12-7-5-11(6-8-12)17-25-15(9-28-17)16-24-14-4-2-1-3-13(14)18(27)26(16)10-19(21,22)23/h1-9,16,24H,10H2/t16-/m1/s1. The van der Waals surface area contributed by atoms with Crippen LogP contribution in [-0.2, 0) is 0 Å². The molecule has 0 saturated heterocycles. The van der Waals surface area contributed by atoms with Gasteiger partial charge < -0.3 is 10.2 Å². The molecule has 0 aliphatic carbocycles. The van der Waals surface area contributed by atoms with E-state index >= 15 is 0 Å². The minimum absolute atomic E-state index is 0.178. The number of carbonyl (C=O) groups excluding carboxylic acids is 1. The zero-order chi connectivity index (χ0) is 19.9. The Hall–Kier alpha value is -2.94. The number of alkyl halides is 3. The Morgan fingerprint density at radius 3 is 2.54 bits per heavy atom. The number of benzene rings is 2. The summed E-state index contributed by atoms with van der Waals surface area (Å²) >= 11 is 1.21. The van der Waals surface area contributed by atoms with E-state index in [0.29, 0.717) is 16.3 Å². The molecule has 4 nitrogen and oxygen atoms in total. The summed E-state index contributed by atoms with van der Waals surface area (Å²) in [7, 11) is 0. The molecule has 0 spiro atoms. The Kier molecular flexibility index (Phi) is 4.54. The van der Waals surface area contributed by atoms with Crippen molar-refractivity contribution < 1.29 is 22.4 Å². The van der Waals surface area contributed by atoms with Crippen LogP contribution >= 0.6 is 11.3 Å². The maximum atomic E-state index is 13.1. The highest BCUT2D eigenvalue weighted by atomic mass is 32.1. The number of para-hydroxylation sites is 1. The monoisotopic (exact) mass is 407 g/mol. The zero-order valence-electron chi connectivity index (χ0n) is 14.2.